The zero-order chi connectivity index (χ0) is 11.4. The molecule has 0 fully saturated rings. The molecule has 1 N–H and O–H groups in total. The third kappa shape index (κ3) is 2.31. The van der Waals surface area contributed by atoms with Crippen LogP contribution in [0.4, 0.5) is 0 Å². The molecule has 0 amide bonds. The van der Waals surface area contributed by atoms with Crippen LogP contribution in [-0.4, -0.2) is 17.6 Å². The minimum absolute atomic E-state index is 0.309. The Hall–Kier alpha value is -2.03. The van der Waals surface area contributed by atoms with Crippen LogP contribution < -0.4 is 0 Å². The fourth-order valence-corrected chi connectivity index (χ4v) is 1.53. The maximum Gasteiger partial charge on any atom is 0.330 e. The Kier molecular flexibility index (Phi) is 3.05. The zero-order valence-corrected chi connectivity index (χ0v) is 9.07. The summed E-state index contributed by atoms with van der Waals surface area (Å²) in [6, 6.07) is 7.95. The molecule has 0 saturated carbocycles. The molecule has 1 heterocycles. The number of benzene rings is 1. The van der Waals surface area contributed by atoms with E-state index in [4.69, 9.17) is 4.74 Å². The summed E-state index contributed by atoms with van der Waals surface area (Å²) in [6.45, 7) is 2.19. The average Bonchev–Trinajstić information content (AvgIpc) is 2.74. The minimum atomic E-state index is -0.309. The monoisotopic (exact) mass is 215 g/mol. The summed E-state index contributed by atoms with van der Waals surface area (Å²) >= 11 is 0. The van der Waals surface area contributed by atoms with Crippen molar-refractivity contribution in [3.63, 3.8) is 0 Å². The van der Waals surface area contributed by atoms with Crippen LogP contribution in [0.25, 0.3) is 17.0 Å². The smallest absolute Gasteiger partial charge is 0.330 e. The van der Waals surface area contributed by atoms with Gasteiger partial charge in [-0.15, -0.1) is 0 Å². The van der Waals surface area contributed by atoms with Gasteiger partial charge < -0.3 is 9.72 Å². The van der Waals surface area contributed by atoms with Crippen LogP contribution in [0, 0.1) is 0 Å². The highest BCUT2D eigenvalue weighted by Crippen LogP contribution is 2.15. The van der Waals surface area contributed by atoms with Crippen molar-refractivity contribution in [2.45, 2.75) is 6.92 Å². The molecule has 1 aromatic carbocycles. The highest BCUT2D eigenvalue weighted by atomic mass is 16.5. The number of hydrogen-bond donors (Lipinski definition) is 1. The highest BCUT2D eigenvalue weighted by Gasteiger charge is 1.96. The van der Waals surface area contributed by atoms with Crippen molar-refractivity contribution in [2.24, 2.45) is 0 Å². The van der Waals surface area contributed by atoms with Gasteiger partial charge in [0.1, 0.15) is 0 Å². The molecule has 2 aromatic rings. The summed E-state index contributed by atoms with van der Waals surface area (Å²) in [6.07, 6.45) is 5.09. The summed E-state index contributed by atoms with van der Waals surface area (Å²) in [5.41, 5.74) is 2.08. The minimum Gasteiger partial charge on any atom is -0.463 e. The van der Waals surface area contributed by atoms with E-state index >= 15 is 0 Å². The Bertz CT molecular complexity index is 525. The van der Waals surface area contributed by atoms with Gasteiger partial charge in [0, 0.05) is 17.8 Å². The number of hydrogen-bond acceptors (Lipinski definition) is 2. The maximum atomic E-state index is 11.1. The second-order valence-electron chi connectivity index (χ2n) is 3.41. The SMILES string of the molecule is CCOC(=O)/C=C/c1ccc2[nH]ccc2c1. The van der Waals surface area contributed by atoms with Gasteiger partial charge in [-0.05, 0) is 42.1 Å². The lowest BCUT2D eigenvalue weighted by molar-refractivity contribution is -0.137. The van der Waals surface area contributed by atoms with E-state index in [1.165, 1.54) is 6.08 Å². The lowest BCUT2D eigenvalue weighted by Gasteiger charge is -1.96. The van der Waals surface area contributed by atoms with E-state index in [9.17, 15) is 4.79 Å². The molecule has 0 spiro atoms. The molecule has 3 heteroatoms. The first-order valence-electron chi connectivity index (χ1n) is 5.21. The van der Waals surface area contributed by atoms with Crippen molar-refractivity contribution >= 4 is 22.9 Å². The molecule has 0 aliphatic heterocycles. The molecular formula is C13H13NO2. The molecule has 16 heavy (non-hydrogen) atoms. The summed E-state index contributed by atoms with van der Waals surface area (Å²) in [5.74, 6) is -0.309. The van der Waals surface area contributed by atoms with Crippen molar-refractivity contribution in [1.29, 1.82) is 0 Å². The number of nitrogens with one attached hydrogen (secondary N) is 1. The second-order valence-corrected chi connectivity index (χ2v) is 3.41. The molecule has 0 bridgehead atoms. The van der Waals surface area contributed by atoms with E-state index in [1.807, 2.05) is 30.5 Å². The first kappa shape index (κ1) is 10.5. The van der Waals surface area contributed by atoms with Crippen LogP contribution in [0.5, 0.6) is 0 Å². The fourth-order valence-electron chi connectivity index (χ4n) is 1.53. The Balaban J connectivity index is 2.17. The van der Waals surface area contributed by atoms with Gasteiger partial charge in [-0.25, -0.2) is 4.79 Å². The number of fused-ring (bicyclic) bond motifs is 1. The number of esters is 1. The van der Waals surface area contributed by atoms with Gasteiger partial charge in [0.2, 0.25) is 0 Å². The van der Waals surface area contributed by atoms with E-state index in [-0.39, 0.29) is 5.97 Å². The van der Waals surface area contributed by atoms with Crippen LogP contribution in [0.15, 0.2) is 36.5 Å². The van der Waals surface area contributed by atoms with E-state index in [0.717, 1.165) is 16.5 Å². The van der Waals surface area contributed by atoms with Gasteiger partial charge in [0.05, 0.1) is 6.61 Å². The Morgan fingerprint density at radius 1 is 1.44 bits per heavy atom. The molecule has 3 nitrogen and oxygen atoms in total. The second kappa shape index (κ2) is 4.66. The number of aromatic amines is 1. The van der Waals surface area contributed by atoms with Crippen molar-refractivity contribution in [3.05, 3.63) is 42.1 Å². The Morgan fingerprint density at radius 2 is 2.31 bits per heavy atom. The predicted molar refractivity (Wildman–Crippen MR) is 64.0 cm³/mol. The summed E-state index contributed by atoms with van der Waals surface area (Å²) in [7, 11) is 0. The molecule has 0 unspecified atom stereocenters. The molecule has 0 aliphatic carbocycles. The molecule has 0 atom stereocenters. The lowest BCUT2D eigenvalue weighted by atomic mass is 10.1. The summed E-state index contributed by atoms with van der Waals surface area (Å²) < 4.78 is 4.80. The van der Waals surface area contributed by atoms with Crippen LogP contribution >= 0.6 is 0 Å². The molecule has 0 radical (unpaired) electrons. The largest absolute Gasteiger partial charge is 0.463 e. The first-order valence-corrected chi connectivity index (χ1v) is 5.21. The normalized spacial score (nSPS) is 11.1. The molecular weight excluding hydrogens is 202 g/mol. The molecule has 2 rings (SSSR count). The maximum absolute atomic E-state index is 11.1. The number of ether oxygens (including phenoxy) is 1. The van der Waals surface area contributed by atoms with Crippen LogP contribution in [-0.2, 0) is 9.53 Å². The van der Waals surface area contributed by atoms with Crippen molar-refractivity contribution < 1.29 is 9.53 Å². The number of H-pyrrole nitrogens is 1. The lowest BCUT2D eigenvalue weighted by Crippen LogP contribution is -1.98. The Labute approximate surface area is 93.7 Å². The summed E-state index contributed by atoms with van der Waals surface area (Å²) in [5, 5.41) is 1.13. The van der Waals surface area contributed by atoms with Crippen LogP contribution in [0.3, 0.4) is 0 Å². The third-order valence-electron chi connectivity index (χ3n) is 2.28. The van der Waals surface area contributed by atoms with Gasteiger partial charge in [-0.2, -0.15) is 0 Å². The summed E-state index contributed by atoms with van der Waals surface area (Å²) in [4.78, 5) is 14.2. The van der Waals surface area contributed by atoms with Gasteiger partial charge in [0.25, 0.3) is 0 Å². The van der Waals surface area contributed by atoms with Crippen LogP contribution in [0.1, 0.15) is 12.5 Å². The van der Waals surface area contributed by atoms with Gasteiger partial charge >= 0.3 is 5.97 Å². The van der Waals surface area contributed by atoms with E-state index in [0.29, 0.717) is 6.61 Å². The predicted octanol–water partition coefficient (Wildman–Crippen LogP) is 2.74. The van der Waals surface area contributed by atoms with E-state index in [1.54, 1.807) is 13.0 Å². The van der Waals surface area contributed by atoms with Crippen molar-refractivity contribution in [1.82, 2.24) is 4.98 Å². The number of carbonyl (C=O) groups excluding carboxylic acids is 1. The molecule has 0 saturated heterocycles. The highest BCUT2D eigenvalue weighted by molar-refractivity contribution is 5.88. The number of rotatable bonds is 3. The topological polar surface area (TPSA) is 42.1 Å². The molecule has 1 aromatic heterocycles. The van der Waals surface area contributed by atoms with E-state index in [2.05, 4.69) is 4.98 Å². The zero-order valence-electron chi connectivity index (χ0n) is 9.07. The van der Waals surface area contributed by atoms with Gasteiger partial charge in [-0.3, -0.25) is 0 Å². The third-order valence-corrected chi connectivity index (χ3v) is 2.28. The quantitative estimate of drug-likeness (QED) is 0.631. The van der Waals surface area contributed by atoms with Gasteiger partial charge in [-0.1, -0.05) is 6.07 Å². The van der Waals surface area contributed by atoms with Crippen molar-refractivity contribution in [2.75, 3.05) is 6.61 Å². The van der Waals surface area contributed by atoms with Crippen LogP contribution in [0.2, 0.25) is 0 Å². The average molecular weight is 215 g/mol. The van der Waals surface area contributed by atoms with Gasteiger partial charge in [0.15, 0.2) is 0 Å². The first-order chi connectivity index (χ1) is 7.79. The molecule has 0 aliphatic rings. The number of aromatic nitrogens is 1. The number of carbonyl (C=O) groups is 1. The fraction of sp³-hybridized carbons (Fsp3) is 0.154. The van der Waals surface area contributed by atoms with E-state index < -0.39 is 0 Å². The Morgan fingerprint density at radius 3 is 3.12 bits per heavy atom. The molecule has 82 valence electrons. The standard InChI is InChI=1S/C13H13NO2/c1-2-16-13(15)6-4-10-3-5-12-11(9-10)7-8-14-12/h3-9,14H,2H2,1H3/b6-4+. The van der Waals surface area contributed by atoms with Crippen molar-refractivity contribution in [3.8, 4) is 0 Å².